The molecule has 0 fully saturated rings. The van der Waals surface area contributed by atoms with Crippen molar-refractivity contribution in [2.24, 2.45) is 0 Å². The fourth-order valence-corrected chi connectivity index (χ4v) is 11.1. The van der Waals surface area contributed by atoms with Crippen LogP contribution in [0.15, 0.2) is 261 Å². The van der Waals surface area contributed by atoms with Gasteiger partial charge in [-0.1, -0.05) is 212 Å². The lowest BCUT2D eigenvalue weighted by atomic mass is 9.67. The molecule has 1 aliphatic rings. The predicted octanol–water partition coefficient (Wildman–Crippen LogP) is 17.5. The third-order valence-electron chi connectivity index (χ3n) is 14.1. The molecule has 0 radical (unpaired) electrons. The molecular weight excluding hydrogens is 795 g/mol. The van der Waals surface area contributed by atoms with Gasteiger partial charge in [0.05, 0.1) is 5.41 Å². The maximum Gasteiger partial charge on any atom is 0.0714 e. The summed E-state index contributed by atoms with van der Waals surface area (Å²) in [5, 5.41) is 10.2. The van der Waals surface area contributed by atoms with Gasteiger partial charge in [-0.3, -0.25) is 0 Å². The number of rotatable bonds is 7. The molecule has 0 heterocycles. The molecule has 0 aromatic heterocycles. The van der Waals surface area contributed by atoms with E-state index < -0.39 is 5.41 Å². The van der Waals surface area contributed by atoms with Crippen molar-refractivity contribution in [2.75, 3.05) is 4.90 Å². The molecule has 0 saturated heterocycles. The van der Waals surface area contributed by atoms with Gasteiger partial charge in [0.15, 0.2) is 0 Å². The normalized spacial score (nSPS) is 12.7. The van der Waals surface area contributed by atoms with E-state index in [0.29, 0.717) is 0 Å². The molecule has 0 bridgehead atoms. The van der Waals surface area contributed by atoms with Gasteiger partial charge in [0.25, 0.3) is 0 Å². The lowest BCUT2D eigenvalue weighted by Gasteiger charge is -2.35. The van der Waals surface area contributed by atoms with Gasteiger partial charge in [-0.2, -0.15) is 0 Å². The number of benzene rings is 12. The topological polar surface area (TPSA) is 3.24 Å². The van der Waals surface area contributed by atoms with Crippen LogP contribution in [-0.4, -0.2) is 0 Å². The van der Waals surface area contributed by atoms with Gasteiger partial charge >= 0.3 is 0 Å². The molecule has 0 spiro atoms. The van der Waals surface area contributed by atoms with Crippen molar-refractivity contribution in [2.45, 2.75) is 5.41 Å². The zero-order valence-electron chi connectivity index (χ0n) is 36.3. The van der Waals surface area contributed by atoms with Crippen molar-refractivity contribution in [1.29, 1.82) is 0 Å². The molecule has 12 aromatic carbocycles. The van der Waals surface area contributed by atoms with E-state index in [4.69, 9.17) is 0 Å². The average Bonchev–Trinajstić information content (AvgIpc) is 3.70. The molecule has 0 saturated carbocycles. The third-order valence-corrected chi connectivity index (χ3v) is 14.1. The maximum absolute atomic E-state index is 2.46. The van der Waals surface area contributed by atoms with Gasteiger partial charge in [0.1, 0.15) is 0 Å². The number of anilines is 3. The Labute approximate surface area is 385 Å². The molecule has 1 nitrogen and oxygen atoms in total. The van der Waals surface area contributed by atoms with E-state index in [9.17, 15) is 0 Å². The van der Waals surface area contributed by atoms with Gasteiger partial charge in [0.2, 0.25) is 0 Å². The minimum atomic E-state index is -0.515. The second-order valence-electron chi connectivity index (χ2n) is 17.6. The van der Waals surface area contributed by atoms with E-state index in [1.807, 2.05) is 0 Å². The van der Waals surface area contributed by atoms with Crippen LogP contribution < -0.4 is 4.90 Å². The fourth-order valence-electron chi connectivity index (χ4n) is 11.1. The van der Waals surface area contributed by atoms with E-state index in [0.717, 1.165) is 17.1 Å². The number of hydrogen-bond donors (Lipinski definition) is 0. The first-order valence-corrected chi connectivity index (χ1v) is 22.9. The van der Waals surface area contributed by atoms with Crippen molar-refractivity contribution < 1.29 is 0 Å². The molecular formula is C65H43N. The van der Waals surface area contributed by atoms with Crippen LogP contribution in [-0.2, 0) is 5.41 Å². The van der Waals surface area contributed by atoms with E-state index in [-0.39, 0.29) is 0 Å². The number of nitrogens with zero attached hydrogens (tertiary/aromatic N) is 1. The minimum absolute atomic E-state index is 0.515. The Kier molecular flexibility index (Phi) is 8.82. The van der Waals surface area contributed by atoms with Gasteiger partial charge in [-0.25, -0.2) is 0 Å². The molecule has 13 rings (SSSR count). The number of hydrogen-bond acceptors (Lipinski definition) is 1. The fraction of sp³-hybridized carbons (Fsp3) is 0.0154. The first-order valence-electron chi connectivity index (χ1n) is 22.9. The van der Waals surface area contributed by atoms with Gasteiger partial charge in [0, 0.05) is 17.1 Å². The molecule has 1 heteroatoms. The molecule has 0 N–H and O–H groups in total. The molecule has 12 aromatic rings. The standard InChI is InChI=1S/C65H43N/c1-3-19-50(20-4-1)65(51-21-5-2-6-22-51)63-29-14-13-28-60(63)61-39-37-54(43-64(61)65)66(53-23-15-18-47(41-53)48-31-30-44-16-7-8-17-46(44)40-48)52-35-32-45(33-36-52)49-34-38-59-57-26-10-9-24-55(57)56-25-11-12-27-58(56)62(59)42-49/h1-43H. The van der Waals surface area contributed by atoms with Crippen molar-refractivity contribution >= 4 is 60.2 Å². The molecule has 66 heavy (non-hydrogen) atoms. The maximum atomic E-state index is 2.46. The Morgan fingerprint density at radius 3 is 1.45 bits per heavy atom. The summed E-state index contributed by atoms with van der Waals surface area (Å²) in [4.78, 5) is 2.44. The average molecular weight is 838 g/mol. The molecule has 0 unspecified atom stereocenters. The van der Waals surface area contributed by atoms with E-state index >= 15 is 0 Å². The zero-order valence-corrected chi connectivity index (χ0v) is 36.3. The summed E-state index contributed by atoms with van der Waals surface area (Å²) in [6, 6.07) is 96.5. The summed E-state index contributed by atoms with van der Waals surface area (Å²) < 4.78 is 0. The van der Waals surface area contributed by atoms with Gasteiger partial charge in [-0.05, 0) is 147 Å². The SMILES string of the molecule is c1ccc(C2(c3ccccc3)c3ccccc3-c3ccc(N(c4ccc(-c5ccc6c7ccccc7c7ccccc7c6c5)cc4)c4cccc(-c5ccc6ccccc6c5)c4)cc32)cc1. The number of fused-ring (bicyclic) bond motifs is 10. The van der Waals surface area contributed by atoms with Crippen LogP contribution in [0.5, 0.6) is 0 Å². The summed E-state index contributed by atoms with van der Waals surface area (Å²) in [5.74, 6) is 0. The van der Waals surface area contributed by atoms with E-state index in [2.05, 4.69) is 266 Å². The van der Waals surface area contributed by atoms with E-state index in [1.165, 1.54) is 98.7 Å². The Morgan fingerprint density at radius 2 is 0.742 bits per heavy atom. The second kappa shape index (κ2) is 15.3. The van der Waals surface area contributed by atoms with Crippen LogP contribution >= 0.6 is 0 Å². The Hall–Kier alpha value is -8.52. The van der Waals surface area contributed by atoms with Gasteiger partial charge in [-0.15, -0.1) is 0 Å². The molecule has 308 valence electrons. The molecule has 0 amide bonds. The zero-order chi connectivity index (χ0) is 43.6. The Bertz CT molecular complexity index is 3740. The van der Waals surface area contributed by atoms with Crippen molar-refractivity contribution in [1.82, 2.24) is 0 Å². The lowest BCUT2D eigenvalue weighted by Crippen LogP contribution is -2.28. The Balaban J connectivity index is 0.996. The minimum Gasteiger partial charge on any atom is -0.310 e. The Morgan fingerprint density at radius 1 is 0.242 bits per heavy atom. The molecule has 0 atom stereocenters. The van der Waals surface area contributed by atoms with Crippen LogP contribution in [0.25, 0.3) is 76.5 Å². The highest BCUT2D eigenvalue weighted by Gasteiger charge is 2.46. The summed E-state index contributed by atoms with van der Waals surface area (Å²) in [6.45, 7) is 0. The predicted molar refractivity (Wildman–Crippen MR) is 279 cm³/mol. The van der Waals surface area contributed by atoms with Gasteiger partial charge < -0.3 is 4.90 Å². The van der Waals surface area contributed by atoms with Crippen LogP contribution in [0.2, 0.25) is 0 Å². The van der Waals surface area contributed by atoms with Crippen LogP contribution in [0.3, 0.4) is 0 Å². The lowest BCUT2D eigenvalue weighted by molar-refractivity contribution is 0.768. The highest BCUT2D eigenvalue weighted by molar-refractivity contribution is 6.25. The highest BCUT2D eigenvalue weighted by atomic mass is 15.1. The first-order chi connectivity index (χ1) is 32.7. The highest BCUT2D eigenvalue weighted by Crippen LogP contribution is 2.57. The van der Waals surface area contributed by atoms with Crippen LogP contribution in [0.1, 0.15) is 22.3 Å². The van der Waals surface area contributed by atoms with Crippen molar-refractivity contribution in [3.63, 3.8) is 0 Å². The third kappa shape index (κ3) is 5.94. The van der Waals surface area contributed by atoms with E-state index in [1.54, 1.807) is 0 Å². The molecule has 0 aliphatic heterocycles. The summed E-state index contributed by atoms with van der Waals surface area (Å²) in [5.41, 5.74) is 15.2. The van der Waals surface area contributed by atoms with Crippen molar-refractivity contribution in [3.8, 4) is 33.4 Å². The smallest absolute Gasteiger partial charge is 0.0714 e. The monoisotopic (exact) mass is 837 g/mol. The quantitative estimate of drug-likeness (QED) is 0.145. The van der Waals surface area contributed by atoms with Crippen molar-refractivity contribution in [3.05, 3.63) is 283 Å². The molecule has 1 aliphatic carbocycles. The second-order valence-corrected chi connectivity index (χ2v) is 17.6. The first kappa shape index (κ1) is 38.0. The summed E-state index contributed by atoms with van der Waals surface area (Å²) in [6.07, 6.45) is 0. The largest absolute Gasteiger partial charge is 0.310 e. The van der Waals surface area contributed by atoms with Crippen LogP contribution in [0.4, 0.5) is 17.1 Å². The van der Waals surface area contributed by atoms with Crippen LogP contribution in [0, 0.1) is 0 Å². The summed E-state index contributed by atoms with van der Waals surface area (Å²) >= 11 is 0. The summed E-state index contributed by atoms with van der Waals surface area (Å²) in [7, 11) is 0.